The number of piperazine rings is 1. The second-order valence-corrected chi connectivity index (χ2v) is 6.23. The zero-order valence-electron chi connectivity index (χ0n) is 12.7. The molecule has 3 heterocycles. The maximum absolute atomic E-state index is 12.6. The van der Waals surface area contributed by atoms with Crippen molar-refractivity contribution in [3.63, 3.8) is 0 Å². The smallest absolute Gasteiger partial charge is 0.240 e. The zero-order valence-corrected chi connectivity index (χ0v) is 13.5. The maximum Gasteiger partial charge on any atom is 0.240 e. The third-order valence-corrected chi connectivity index (χ3v) is 4.86. The lowest BCUT2D eigenvalue weighted by molar-refractivity contribution is -0.135. The van der Waals surface area contributed by atoms with Crippen molar-refractivity contribution in [3.05, 3.63) is 11.3 Å². The van der Waals surface area contributed by atoms with Gasteiger partial charge in [-0.1, -0.05) is 11.6 Å². The third kappa shape index (κ3) is 2.83. The third-order valence-electron chi connectivity index (χ3n) is 4.49. The van der Waals surface area contributed by atoms with Crippen LogP contribution in [-0.2, 0) is 4.79 Å². The number of anilines is 2. The second kappa shape index (κ2) is 6.26. The number of hydrogen-bond acceptors (Lipinski definition) is 6. The molecule has 2 aliphatic rings. The molecular formula is C14H21ClN6O. The minimum atomic E-state index is 0.0461. The van der Waals surface area contributed by atoms with Gasteiger partial charge in [0, 0.05) is 26.2 Å². The number of carbonyl (C=O) groups excluding carboxylic acids is 1. The van der Waals surface area contributed by atoms with Crippen molar-refractivity contribution >= 4 is 29.1 Å². The topological polar surface area (TPSA) is 78.6 Å². The quantitative estimate of drug-likeness (QED) is 0.851. The van der Waals surface area contributed by atoms with E-state index >= 15 is 0 Å². The Morgan fingerprint density at radius 3 is 2.64 bits per heavy atom. The van der Waals surface area contributed by atoms with Crippen LogP contribution in [0.2, 0.25) is 5.02 Å². The molecule has 3 rings (SSSR count). The average Bonchev–Trinajstić information content (AvgIpc) is 2.96. The Balaban J connectivity index is 1.63. The van der Waals surface area contributed by atoms with Crippen LogP contribution >= 0.6 is 11.6 Å². The molecule has 0 saturated carbocycles. The molecule has 1 atom stereocenters. The Morgan fingerprint density at radius 1 is 1.27 bits per heavy atom. The highest BCUT2D eigenvalue weighted by molar-refractivity contribution is 6.35. The summed E-state index contributed by atoms with van der Waals surface area (Å²) in [7, 11) is 2.02. The molecule has 0 bridgehead atoms. The van der Waals surface area contributed by atoms with Gasteiger partial charge in [0.1, 0.15) is 17.2 Å². The van der Waals surface area contributed by atoms with E-state index in [4.69, 9.17) is 17.3 Å². The standard InChI is InChI=1S/C14H21ClN6O/c1-19-4-2-3-10(19)14(22)21-7-5-20(6-8-21)13-11(15)12(16)17-9-18-13/h9-10H,2-8H2,1H3,(H2,16,17,18). The summed E-state index contributed by atoms with van der Waals surface area (Å²) in [5, 5.41) is 0.387. The van der Waals surface area contributed by atoms with Crippen LogP contribution in [0, 0.1) is 0 Å². The number of nitrogens with zero attached hydrogens (tertiary/aromatic N) is 5. The van der Waals surface area contributed by atoms with Gasteiger partial charge in [-0.15, -0.1) is 0 Å². The number of nitrogens with two attached hydrogens (primary N) is 1. The number of nitrogen functional groups attached to an aromatic ring is 1. The normalized spacial score (nSPS) is 23.1. The van der Waals surface area contributed by atoms with E-state index in [9.17, 15) is 4.79 Å². The number of likely N-dealkylation sites (N-methyl/N-ethyl adjacent to an activating group) is 1. The molecule has 1 aromatic rings. The van der Waals surface area contributed by atoms with E-state index in [0.29, 0.717) is 37.0 Å². The Kier molecular flexibility index (Phi) is 4.35. The summed E-state index contributed by atoms with van der Waals surface area (Å²) in [5.41, 5.74) is 5.72. The lowest BCUT2D eigenvalue weighted by Gasteiger charge is -2.37. The van der Waals surface area contributed by atoms with E-state index in [0.717, 1.165) is 19.4 Å². The fourth-order valence-corrected chi connectivity index (χ4v) is 3.38. The van der Waals surface area contributed by atoms with Crippen LogP contribution in [-0.4, -0.2) is 71.5 Å². The van der Waals surface area contributed by atoms with E-state index in [1.807, 2.05) is 11.9 Å². The summed E-state index contributed by atoms with van der Waals surface area (Å²) in [4.78, 5) is 26.8. The van der Waals surface area contributed by atoms with Crippen molar-refractivity contribution in [1.82, 2.24) is 19.8 Å². The molecule has 2 aliphatic heterocycles. The average molecular weight is 325 g/mol. The van der Waals surface area contributed by atoms with Crippen molar-refractivity contribution in [1.29, 1.82) is 0 Å². The molecule has 2 N–H and O–H groups in total. The van der Waals surface area contributed by atoms with Gasteiger partial charge in [-0.05, 0) is 26.4 Å². The van der Waals surface area contributed by atoms with Gasteiger partial charge in [-0.25, -0.2) is 9.97 Å². The van der Waals surface area contributed by atoms with E-state index in [2.05, 4.69) is 19.8 Å². The number of carbonyl (C=O) groups is 1. The van der Waals surface area contributed by atoms with Gasteiger partial charge < -0.3 is 15.5 Å². The SMILES string of the molecule is CN1CCCC1C(=O)N1CCN(c2ncnc(N)c2Cl)CC1. The van der Waals surface area contributed by atoms with Crippen molar-refractivity contribution in [2.24, 2.45) is 0 Å². The van der Waals surface area contributed by atoms with Crippen molar-refractivity contribution in [3.8, 4) is 0 Å². The molecule has 2 fully saturated rings. The molecule has 120 valence electrons. The molecule has 0 aromatic carbocycles. The molecule has 0 spiro atoms. The minimum Gasteiger partial charge on any atom is -0.382 e. The summed E-state index contributed by atoms with van der Waals surface area (Å²) in [6.45, 7) is 3.79. The van der Waals surface area contributed by atoms with Gasteiger partial charge in [0.05, 0.1) is 6.04 Å². The molecule has 1 aromatic heterocycles. The van der Waals surface area contributed by atoms with E-state index in [1.54, 1.807) is 0 Å². The lowest BCUT2D eigenvalue weighted by atomic mass is 10.1. The fourth-order valence-electron chi connectivity index (χ4n) is 3.17. The largest absolute Gasteiger partial charge is 0.382 e. The highest BCUT2D eigenvalue weighted by Crippen LogP contribution is 2.28. The molecule has 0 radical (unpaired) electrons. The molecule has 0 aliphatic carbocycles. The van der Waals surface area contributed by atoms with Gasteiger partial charge in [0.15, 0.2) is 5.82 Å². The highest BCUT2D eigenvalue weighted by atomic mass is 35.5. The zero-order chi connectivity index (χ0) is 15.7. The van der Waals surface area contributed by atoms with Gasteiger partial charge in [0.25, 0.3) is 0 Å². The first-order valence-electron chi connectivity index (χ1n) is 7.58. The van der Waals surface area contributed by atoms with Crippen LogP contribution < -0.4 is 10.6 Å². The molecule has 22 heavy (non-hydrogen) atoms. The number of halogens is 1. The molecule has 1 amide bonds. The monoisotopic (exact) mass is 324 g/mol. The Hall–Kier alpha value is -1.60. The van der Waals surface area contributed by atoms with E-state index in [1.165, 1.54) is 6.33 Å². The van der Waals surface area contributed by atoms with E-state index < -0.39 is 0 Å². The van der Waals surface area contributed by atoms with Crippen LogP contribution in [0.1, 0.15) is 12.8 Å². The van der Waals surface area contributed by atoms with Crippen LogP contribution in [0.25, 0.3) is 0 Å². The molecule has 8 heteroatoms. The van der Waals surface area contributed by atoms with Crippen molar-refractivity contribution in [2.45, 2.75) is 18.9 Å². The number of amides is 1. The predicted molar refractivity (Wildman–Crippen MR) is 85.9 cm³/mol. The number of aromatic nitrogens is 2. The fraction of sp³-hybridized carbons (Fsp3) is 0.643. The Labute approximate surface area is 135 Å². The first kappa shape index (κ1) is 15.3. The Morgan fingerprint density at radius 2 is 2.00 bits per heavy atom. The molecular weight excluding hydrogens is 304 g/mol. The second-order valence-electron chi connectivity index (χ2n) is 5.85. The number of rotatable bonds is 2. The summed E-state index contributed by atoms with van der Waals surface area (Å²) in [6, 6.07) is 0.0461. The van der Waals surface area contributed by atoms with Gasteiger partial charge >= 0.3 is 0 Å². The number of likely N-dealkylation sites (tertiary alicyclic amines) is 1. The van der Waals surface area contributed by atoms with E-state index in [-0.39, 0.29) is 17.8 Å². The highest BCUT2D eigenvalue weighted by Gasteiger charge is 2.33. The number of hydrogen-bond donors (Lipinski definition) is 1. The van der Waals surface area contributed by atoms with Gasteiger partial charge in [-0.2, -0.15) is 0 Å². The first-order chi connectivity index (χ1) is 10.6. The van der Waals surface area contributed by atoms with Crippen LogP contribution in [0.3, 0.4) is 0 Å². The first-order valence-corrected chi connectivity index (χ1v) is 7.95. The van der Waals surface area contributed by atoms with Crippen LogP contribution in [0.15, 0.2) is 6.33 Å². The van der Waals surface area contributed by atoms with Gasteiger partial charge in [-0.3, -0.25) is 9.69 Å². The summed E-state index contributed by atoms with van der Waals surface area (Å²) >= 11 is 6.17. The van der Waals surface area contributed by atoms with Crippen molar-refractivity contribution < 1.29 is 4.79 Å². The lowest BCUT2D eigenvalue weighted by Crippen LogP contribution is -2.53. The predicted octanol–water partition coefficient (Wildman–Crippen LogP) is 0.455. The minimum absolute atomic E-state index is 0.0461. The van der Waals surface area contributed by atoms with Crippen LogP contribution in [0.5, 0.6) is 0 Å². The molecule has 1 unspecified atom stereocenters. The summed E-state index contributed by atoms with van der Waals surface area (Å²) < 4.78 is 0. The van der Waals surface area contributed by atoms with Crippen LogP contribution in [0.4, 0.5) is 11.6 Å². The Bertz CT molecular complexity index is 560. The molecule has 2 saturated heterocycles. The summed E-state index contributed by atoms with van der Waals surface area (Å²) in [5.74, 6) is 1.19. The maximum atomic E-state index is 12.6. The van der Waals surface area contributed by atoms with Crippen molar-refractivity contribution in [2.75, 3.05) is 50.4 Å². The van der Waals surface area contributed by atoms with Gasteiger partial charge in [0.2, 0.25) is 5.91 Å². The summed E-state index contributed by atoms with van der Waals surface area (Å²) in [6.07, 6.45) is 3.48. The molecule has 7 nitrogen and oxygen atoms in total.